The highest BCUT2D eigenvalue weighted by Gasteiger charge is 2.21. The Labute approximate surface area is 113 Å². The van der Waals surface area contributed by atoms with Gasteiger partial charge in [-0.3, -0.25) is 0 Å². The first-order valence-corrected chi connectivity index (χ1v) is 7.72. The van der Waals surface area contributed by atoms with Gasteiger partial charge in [0.2, 0.25) is 10.0 Å². The topological polar surface area (TPSA) is 63.4 Å². The molecule has 1 aromatic heterocycles. The molecule has 0 spiro atoms. The largest absolute Gasteiger partial charge is 0.441 e. The van der Waals surface area contributed by atoms with Crippen LogP contribution in [-0.4, -0.2) is 31.3 Å². The molecule has 1 aromatic carbocycles. The van der Waals surface area contributed by atoms with Crippen LogP contribution in [0.3, 0.4) is 0 Å². The van der Waals surface area contributed by atoms with Crippen molar-refractivity contribution in [1.29, 1.82) is 0 Å². The van der Waals surface area contributed by atoms with Crippen LogP contribution >= 0.6 is 0 Å². The highest BCUT2D eigenvalue weighted by molar-refractivity contribution is 7.89. The first-order chi connectivity index (χ1) is 8.95. The van der Waals surface area contributed by atoms with Crippen LogP contribution in [0.15, 0.2) is 27.5 Å². The zero-order chi connectivity index (χ0) is 14.0. The van der Waals surface area contributed by atoms with Crippen molar-refractivity contribution >= 4 is 21.1 Å². The average Bonchev–Trinajstić information content (AvgIpc) is 2.74. The molecule has 0 fully saturated rings. The summed E-state index contributed by atoms with van der Waals surface area (Å²) in [6.07, 6.45) is 1.81. The third-order valence-corrected chi connectivity index (χ3v) is 4.85. The smallest absolute Gasteiger partial charge is 0.242 e. The van der Waals surface area contributed by atoms with Crippen molar-refractivity contribution in [2.75, 3.05) is 13.6 Å². The molecule has 0 aliphatic heterocycles. The maximum Gasteiger partial charge on any atom is 0.242 e. The number of aryl methyl sites for hydroxylation is 1. The first kappa shape index (κ1) is 14.0. The third kappa shape index (κ3) is 2.79. The number of nitrogens with zero attached hydrogens (tertiary/aromatic N) is 2. The fraction of sp³-hybridized carbons (Fsp3) is 0.462. The summed E-state index contributed by atoms with van der Waals surface area (Å²) in [7, 11) is -1.85. The zero-order valence-electron chi connectivity index (χ0n) is 11.4. The van der Waals surface area contributed by atoms with E-state index in [-0.39, 0.29) is 4.90 Å². The second kappa shape index (κ2) is 5.30. The Kier molecular flexibility index (Phi) is 3.91. The minimum Gasteiger partial charge on any atom is -0.441 e. The second-order valence-electron chi connectivity index (χ2n) is 4.54. The summed E-state index contributed by atoms with van der Waals surface area (Å²) >= 11 is 0. The molecule has 6 heteroatoms. The molecule has 2 aromatic rings. The molecule has 0 unspecified atom stereocenters. The zero-order valence-corrected chi connectivity index (χ0v) is 12.2. The highest BCUT2D eigenvalue weighted by atomic mass is 32.2. The lowest BCUT2D eigenvalue weighted by atomic mass is 10.3. The van der Waals surface area contributed by atoms with Crippen LogP contribution in [0, 0.1) is 6.92 Å². The number of rotatable bonds is 5. The molecule has 0 radical (unpaired) electrons. The Balaban J connectivity index is 2.36. The Morgan fingerprint density at radius 3 is 2.79 bits per heavy atom. The summed E-state index contributed by atoms with van der Waals surface area (Å²) in [6, 6.07) is 4.78. The lowest BCUT2D eigenvalue weighted by Crippen LogP contribution is -2.27. The second-order valence-corrected chi connectivity index (χ2v) is 6.59. The number of aromatic nitrogens is 1. The molecule has 2 rings (SSSR count). The van der Waals surface area contributed by atoms with Crippen molar-refractivity contribution in [2.24, 2.45) is 0 Å². The summed E-state index contributed by atoms with van der Waals surface area (Å²) in [6.45, 7) is 4.29. The van der Waals surface area contributed by atoms with Gasteiger partial charge in [-0.2, -0.15) is 0 Å². The van der Waals surface area contributed by atoms with Crippen LogP contribution in [0.4, 0.5) is 0 Å². The molecule has 5 nitrogen and oxygen atoms in total. The molecule has 0 aliphatic rings. The highest BCUT2D eigenvalue weighted by Crippen LogP contribution is 2.22. The lowest BCUT2D eigenvalue weighted by molar-refractivity contribution is 0.459. The van der Waals surface area contributed by atoms with E-state index in [1.165, 1.54) is 10.4 Å². The Bertz CT molecular complexity index is 676. The molecule has 104 valence electrons. The Morgan fingerprint density at radius 2 is 2.11 bits per heavy atom. The SMILES string of the molecule is CCCCN(C)S(=O)(=O)c1ccc2nc(C)oc2c1. The number of benzene rings is 1. The van der Waals surface area contributed by atoms with Gasteiger partial charge in [-0.15, -0.1) is 0 Å². The van der Waals surface area contributed by atoms with E-state index in [1.807, 2.05) is 6.92 Å². The molecule has 19 heavy (non-hydrogen) atoms. The van der Waals surface area contributed by atoms with E-state index in [1.54, 1.807) is 26.1 Å². The van der Waals surface area contributed by atoms with Crippen LogP contribution in [0.25, 0.3) is 11.1 Å². The van der Waals surface area contributed by atoms with Crippen molar-refractivity contribution in [1.82, 2.24) is 9.29 Å². The normalized spacial score (nSPS) is 12.4. The number of hydrogen-bond acceptors (Lipinski definition) is 4. The van der Waals surface area contributed by atoms with Crippen molar-refractivity contribution in [3.05, 3.63) is 24.1 Å². The molecule has 0 bridgehead atoms. The molecule has 0 N–H and O–H groups in total. The minimum absolute atomic E-state index is 0.245. The van der Waals surface area contributed by atoms with Gasteiger partial charge in [-0.1, -0.05) is 13.3 Å². The molecular formula is C13H18N2O3S. The van der Waals surface area contributed by atoms with Crippen molar-refractivity contribution in [2.45, 2.75) is 31.6 Å². The van der Waals surface area contributed by atoms with Crippen LogP contribution in [-0.2, 0) is 10.0 Å². The number of unbranched alkanes of at least 4 members (excludes halogenated alkanes) is 1. The van der Waals surface area contributed by atoms with Crippen LogP contribution in [0.5, 0.6) is 0 Å². The van der Waals surface area contributed by atoms with Crippen molar-refractivity contribution in [3.8, 4) is 0 Å². The van der Waals surface area contributed by atoms with Crippen LogP contribution in [0.1, 0.15) is 25.7 Å². The fourth-order valence-electron chi connectivity index (χ4n) is 1.86. The van der Waals surface area contributed by atoms with Gasteiger partial charge in [0.05, 0.1) is 4.90 Å². The van der Waals surface area contributed by atoms with Gasteiger partial charge in [-0.25, -0.2) is 17.7 Å². The van der Waals surface area contributed by atoms with E-state index in [9.17, 15) is 8.42 Å². The van der Waals surface area contributed by atoms with E-state index >= 15 is 0 Å². The molecule has 0 aliphatic carbocycles. The fourth-order valence-corrected chi connectivity index (χ4v) is 3.09. The number of hydrogen-bond donors (Lipinski definition) is 0. The number of oxazole rings is 1. The van der Waals surface area contributed by atoms with E-state index in [0.717, 1.165) is 12.8 Å². The monoisotopic (exact) mass is 282 g/mol. The van der Waals surface area contributed by atoms with Crippen molar-refractivity contribution in [3.63, 3.8) is 0 Å². The maximum atomic E-state index is 12.4. The molecule has 0 atom stereocenters. The number of sulfonamides is 1. The Morgan fingerprint density at radius 1 is 1.37 bits per heavy atom. The quantitative estimate of drug-likeness (QED) is 0.845. The first-order valence-electron chi connectivity index (χ1n) is 6.28. The molecule has 1 heterocycles. The van der Waals surface area contributed by atoms with E-state index in [4.69, 9.17) is 4.42 Å². The predicted octanol–water partition coefficient (Wildman–Crippen LogP) is 2.56. The summed E-state index contributed by atoms with van der Waals surface area (Å²) in [4.78, 5) is 4.40. The van der Waals surface area contributed by atoms with Crippen LogP contribution < -0.4 is 0 Å². The van der Waals surface area contributed by atoms with Gasteiger partial charge in [0.15, 0.2) is 11.5 Å². The van der Waals surface area contributed by atoms with Gasteiger partial charge >= 0.3 is 0 Å². The summed E-state index contributed by atoms with van der Waals surface area (Å²) < 4.78 is 31.5. The minimum atomic E-state index is -3.45. The van der Waals surface area contributed by atoms with E-state index < -0.39 is 10.0 Å². The lowest BCUT2D eigenvalue weighted by Gasteiger charge is -2.16. The maximum absolute atomic E-state index is 12.4. The van der Waals surface area contributed by atoms with Gasteiger partial charge in [0.25, 0.3) is 0 Å². The van der Waals surface area contributed by atoms with Gasteiger partial charge < -0.3 is 4.42 Å². The Hall–Kier alpha value is -1.40. The number of fused-ring (bicyclic) bond motifs is 1. The summed E-state index contributed by atoms with van der Waals surface area (Å²) in [5.74, 6) is 0.531. The average molecular weight is 282 g/mol. The molecular weight excluding hydrogens is 264 g/mol. The standard InChI is InChI=1S/C13H18N2O3S/c1-4-5-8-15(3)19(16,17)11-6-7-12-13(9-11)18-10(2)14-12/h6-7,9H,4-5,8H2,1-3H3. The molecule has 0 amide bonds. The molecule has 0 saturated carbocycles. The van der Waals surface area contributed by atoms with Gasteiger partial charge in [0, 0.05) is 26.6 Å². The summed E-state index contributed by atoms with van der Waals surface area (Å²) in [5, 5.41) is 0. The van der Waals surface area contributed by atoms with E-state index in [2.05, 4.69) is 4.98 Å². The predicted molar refractivity (Wildman–Crippen MR) is 73.5 cm³/mol. The van der Waals surface area contributed by atoms with E-state index in [0.29, 0.717) is 23.5 Å². The van der Waals surface area contributed by atoms with Gasteiger partial charge in [-0.05, 0) is 18.6 Å². The molecule has 0 saturated heterocycles. The van der Waals surface area contributed by atoms with Crippen molar-refractivity contribution < 1.29 is 12.8 Å². The summed E-state index contributed by atoms with van der Waals surface area (Å²) in [5.41, 5.74) is 1.18. The van der Waals surface area contributed by atoms with Gasteiger partial charge in [0.1, 0.15) is 5.52 Å². The van der Waals surface area contributed by atoms with Crippen LogP contribution in [0.2, 0.25) is 0 Å². The third-order valence-electron chi connectivity index (χ3n) is 3.00.